The normalized spacial score (nSPS) is 17.7. The number of benzene rings is 1. The summed E-state index contributed by atoms with van der Waals surface area (Å²) in [5, 5.41) is 0. The van der Waals surface area contributed by atoms with Crippen molar-refractivity contribution in [1.29, 1.82) is 0 Å². The predicted octanol–water partition coefficient (Wildman–Crippen LogP) is 2.79. The second-order valence-corrected chi connectivity index (χ2v) is 5.44. The van der Waals surface area contributed by atoms with E-state index in [-0.39, 0.29) is 5.54 Å². The van der Waals surface area contributed by atoms with Gasteiger partial charge in [0.1, 0.15) is 5.75 Å². The Morgan fingerprint density at radius 3 is 2.72 bits per heavy atom. The number of hydrogen-bond donors (Lipinski definition) is 1. The summed E-state index contributed by atoms with van der Waals surface area (Å²) in [6, 6.07) is 8.18. The van der Waals surface area contributed by atoms with Crippen molar-refractivity contribution in [3.63, 3.8) is 0 Å². The van der Waals surface area contributed by atoms with E-state index in [1.807, 2.05) is 12.1 Å². The quantitative estimate of drug-likeness (QED) is 0.871. The van der Waals surface area contributed by atoms with E-state index in [1.165, 1.54) is 31.4 Å². The molecule has 0 aromatic heterocycles. The Bertz CT molecular complexity index is 386. The van der Waals surface area contributed by atoms with Crippen LogP contribution in [0.4, 0.5) is 5.69 Å². The molecule has 0 saturated heterocycles. The molecule has 2 rings (SSSR count). The number of methoxy groups -OCH3 is 1. The van der Waals surface area contributed by atoms with Crippen molar-refractivity contribution in [2.45, 2.75) is 37.6 Å². The van der Waals surface area contributed by atoms with Gasteiger partial charge in [0.05, 0.1) is 7.11 Å². The Balaban J connectivity index is 1.92. The van der Waals surface area contributed by atoms with Crippen molar-refractivity contribution in [3.05, 3.63) is 24.3 Å². The summed E-state index contributed by atoms with van der Waals surface area (Å²) in [6.07, 6.45) is 6.01. The van der Waals surface area contributed by atoms with Crippen LogP contribution in [0.2, 0.25) is 0 Å². The number of nitrogens with two attached hydrogens (primary N) is 1. The van der Waals surface area contributed by atoms with Crippen LogP contribution >= 0.6 is 0 Å². The van der Waals surface area contributed by atoms with Gasteiger partial charge in [-0.3, -0.25) is 0 Å². The van der Waals surface area contributed by atoms with Crippen LogP contribution in [0.3, 0.4) is 0 Å². The van der Waals surface area contributed by atoms with Crippen molar-refractivity contribution in [1.82, 2.24) is 0 Å². The van der Waals surface area contributed by atoms with E-state index in [2.05, 4.69) is 24.1 Å². The zero-order chi connectivity index (χ0) is 13.0. The molecule has 0 heterocycles. The molecular formula is C15H24N2O. The second kappa shape index (κ2) is 5.61. The molecule has 3 heteroatoms. The van der Waals surface area contributed by atoms with Gasteiger partial charge in [-0.15, -0.1) is 0 Å². The van der Waals surface area contributed by atoms with Crippen molar-refractivity contribution >= 4 is 5.69 Å². The van der Waals surface area contributed by atoms with Gasteiger partial charge in [0.2, 0.25) is 0 Å². The highest BCUT2D eigenvalue weighted by Crippen LogP contribution is 2.30. The van der Waals surface area contributed by atoms with Crippen LogP contribution < -0.4 is 15.4 Å². The van der Waals surface area contributed by atoms with Crippen LogP contribution in [0.15, 0.2) is 24.3 Å². The number of anilines is 1. The van der Waals surface area contributed by atoms with Crippen molar-refractivity contribution in [2.75, 3.05) is 25.6 Å². The smallest absolute Gasteiger partial charge is 0.120 e. The zero-order valence-corrected chi connectivity index (χ0v) is 11.5. The van der Waals surface area contributed by atoms with Gasteiger partial charge in [-0.05, 0) is 31.4 Å². The summed E-state index contributed by atoms with van der Waals surface area (Å²) >= 11 is 0. The van der Waals surface area contributed by atoms with Gasteiger partial charge in [0.15, 0.2) is 0 Å². The molecule has 0 radical (unpaired) electrons. The molecule has 100 valence electrons. The van der Waals surface area contributed by atoms with Crippen LogP contribution in [0, 0.1) is 0 Å². The Kier molecular flexibility index (Phi) is 4.12. The summed E-state index contributed by atoms with van der Waals surface area (Å²) in [5.41, 5.74) is 7.66. The molecule has 0 amide bonds. The number of nitrogens with zero attached hydrogens (tertiary/aromatic N) is 1. The first-order valence-corrected chi connectivity index (χ1v) is 6.77. The van der Waals surface area contributed by atoms with E-state index >= 15 is 0 Å². The van der Waals surface area contributed by atoms with E-state index in [4.69, 9.17) is 10.5 Å². The Hall–Kier alpha value is -1.22. The third-order valence-electron chi connectivity index (χ3n) is 4.04. The average molecular weight is 248 g/mol. The molecule has 0 bridgehead atoms. The predicted molar refractivity (Wildman–Crippen MR) is 76.3 cm³/mol. The molecule has 1 fully saturated rings. The van der Waals surface area contributed by atoms with Gasteiger partial charge in [0, 0.05) is 30.9 Å². The molecule has 18 heavy (non-hydrogen) atoms. The summed E-state index contributed by atoms with van der Waals surface area (Å²) < 4.78 is 5.25. The summed E-state index contributed by atoms with van der Waals surface area (Å²) in [6.45, 7) is 1.00. The van der Waals surface area contributed by atoms with Crippen molar-refractivity contribution in [2.24, 2.45) is 5.73 Å². The van der Waals surface area contributed by atoms with Crippen LogP contribution in [0.1, 0.15) is 32.1 Å². The SMILES string of the molecule is COc1cccc(N(C)CCC2(N)CCCC2)c1. The fourth-order valence-electron chi connectivity index (χ4n) is 2.70. The monoisotopic (exact) mass is 248 g/mol. The molecule has 1 aromatic carbocycles. The first kappa shape index (κ1) is 13.2. The third-order valence-corrected chi connectivity index (χ3v) is 4.04. The van der Waals surface area contributed by atoms with Crippen LogP contribution in [-0.4, -0.2) is 26.2 Å². The lowest BCUT2D eigenvalue weighted by Gasteiger charge is -2.28. The highest BCUT2D eigenvalue weighted by molar-refractivity contribution is 5.50. The Morgan fingerprint density at radius 2 is 2.06 bits per heavy atom. The van der Waals surface area contributed by atoms with E-state index in [9.17, 15) is 0 Å². The molecule has 3 nitrogen and oxygen atoms in total. The summed E-state index contributed by atoms with van der Waals surface area (Å²) in [4.78, 5) is 2.26. The first-order chi connectivity index (χ1) is 8.63. The van der Waals surface area contributed by atoms with Crippen LogP contribution in [-0.2, 0) is 0 Å². The largest absolute Gasteiger partial charge is 0.497 e. The van der Waals surface area contributed by atoms with Gasteiger partial charge in [-0.25, -0.2) is 0 Å². The number of ether oxygens (including phenoxy) is 1. The van der Waals surface area contributed by atoms with E-state index in [0.717, 1.165) is 18.7 Å². The zero-order valence-electron chi connectivity index (χ0n) is 11.5. The molecule has 2 N–H and O–H groups in total. The van der Waals surface area contributed by atoms with Crippen LogP contribution in [0.25, 0.3) is 0 Å². The fourth-order valence-corrected chi connectivity index (χ4v) is 2.70. The molecule has 1 saturated carbocycles. The molecule has 0 atom stereocenters. The lowest BCUT2D eigenvalue weighted by atomic mass is 9.94. The molecule has 1 aliphatic carbocycles. The maximum absolute atomic E-state index is 6.39. The molecular weight excluding hydrogens is 224 g/mol. The maximum Gasteiger partial charge on any atom is 0.120 e. The minimum Gasteiger partial charge on any atom is -0.497 e. The summed E-state index contributed by atoms with van der Waals surface area (Å²) in [7, 11) is 3.82. The molecule has 1 aliphatic rings. The lowest BCUT2D eigenvalue weighted by molar-refractivity contribution is 0.407. The Morgan fingerprint density at radius 1 is 1.33 bits per heavy atom. The van der Waals surface area contributed by atoms with Gasteiger partial charge in [-0.1, -0.05) is 18.9 Å². The molecule has 0 unspecified atom stereocenters. The maximum atomic E-state index is 6.39. The minimum absolute atomic E-state index is 0.0765. The highest BCUT2D eigenvalue weighted by atomic mass is 16.5. The molecule has 1 aromatic rings. The van der Waals surface area contributed by atoms with E-state index < -0.39 is 0 Å². The highest BCUT2D eigenvalue weighted by Gasteiger charge is 2.28. The lowest BCUT2D eigenvalue weighted by Crippen LogP contribution is -2.39. The number of hydrogen-bond acceptors (Lipinski definition) is 3. The molecule has 0 aliphatic heterocycles. The van der Waals surface area contributed by atoms with Crippen LogP contribution in [0.5, 0.6) is 5.75 Å². The van der Waals surface area contributed by atoms with E-state index in [0.29, 0.717) is 0 Å². The average Bonchev–Trinajstić information content (AvgIpc) is 2.83. The molecule has 0 spiro atoms. The van der Waals surface area contributed by atoms with Crippen molar-refractivity contribution in [3.8, 4) is 5.75 Å². The van der Waals surface area contributed by atoms with Crippen molar-refractivity contribution < 1.29 is 4.74 Å². The first-order valence-electron chi connectivity index (χ1n) is 6.77. The standard InChI is InChI=1S/C15H24N2O/c1-17(11-10-15(16)8-3-4-9-15)13-6-5-7-14(12-13)18-2/h5-7,12H,3-4,8-11,16H2,1-2H3. The summed E-state index contributed by atoms with van der Waals surface area (Å²) in [5.74, 6) is 0.905. The second-order valence-electron chi connectivity index (χ2n) is 5.44. The number of rotatable bonds is 5. The minimum atomic E-state index is 0.0765. The van der Waals surface area contributed by atoms with Gasteiger partial charge in [-0.2, -0.15) is 0 Å². The van der Waals surface area contributed by atoms with Gasteiger partial charge in [0.25, 0.3) is 0 Å². The van der Waals surface area contributed by atoms with E-state index in [1.54, 1.807) is 7.11 Å². The Labute approximate surface area is 110 Å². The third kappa shape index (κ3) is 3.16. The van der Waals surface area contributed by atoms with Gasteiger partial charge >= 0.3 is 0 Å². The van der Waals surface area contributed by atoms with Gasteiger partial charge < -0.3 is 15.4 Å². The topological polar surface area (TPSA) is 38.5 Å². The fraction of sp³-hybridized carbons (Fsp3) is 0.600.